The van der Waals surface area contributed by atoms with Crippen LogP contribution in [0.15, 0.2) is 37.8 Å². The van der Waals surface area contributed by atoms with Gasteiger partial charge in [0, 0.05) is 6.07 Å². The molecule has 1 aliphatic heterocycles. The van der Waals surface area contributed by atoms with Crippen molar-refractivity contribution in [2.75, 3.05) is 6.54 Å². The van der Waals surface area contributed by atoms with Crippen molar-refractivity contribution in [1.82, 2.24) is 20.3 Å². The first-order valence-corrected chi connectivity index (χ1v) is 7.33. The third kappa shape index (κ3) is 2.43. The first-order valence-electron chi connectivity index (χ1n) is 7.33. The average molecular weight is 300 g/mol. The Labute approximate surface area is 126 Å². The van der Waals surface area contributed by atoms with Crippen LogP contribution in [0.25, 0.3) is 11.7 Å². The Morgan fingerprint density at radius 3 is 3.09 bits per heavy atom. The summed E-state index contributed by atoms with van der Waals surface area (Å²) >= 11 is 0. The van der Waals surface area contributed by atoms with Gasteiger partial charge in [-0.15, -0.1) is 10.2 Å². The average Bonchev–Trinajstić information content (AvgIpc) is 3.26. The molecule has 0 N–H and O–H groups in total. The number of likely N-dealkylation sites (tertiary alicyclic amines) is 1. The maximum Gasteiger partial charge on any atom is 0.283 e. The quantitative estimate of drug-likeness (QED) is 0.732. The topological polar surface area (TPSA) is 81.3 Å². The van der Waals surface area contributed by atoms with Gasteiger partial charge in [-0.1, -0.05) is 5.16 Å². The lowest BCUT2D eigenvalue weighted by molar-refractivity contribution is 0.190. The largest absolute Gasteiger partial charge is 0.459 e. The molecule has 1 fully saturated rings. The molecule has 0 aromatic carbocycles. The maximum absolute atomic E-state index is 5.68. The zero-order valence-corrected chi connectivity index (χ0v) is 12.2. The molecule has 0 unspecified atom stereocenters. The van der Waals surface area contributed by atoms with Crippen molar-refractivity contribution in [2.45, 2.75) is 32.4 Å². The molecule has 22 heavy (non-hydrogen) atoms. The molecule has 4 heterocycles. The normalized spacial score (nSPS) is 19.0. The van der Waals surface area contributed by atoms with Crippen molar-refractivity contribution in [1.29, 1.82) is 0 Å². The summed E-state index contributed by atoms with van der Waals surface area (Å²) in [5, 5.41) is 12.1. The monoisotopic (exact) mass is 300 g/mol. The van der Waals surface area contributed by atoms with E-state index in [9.17, 15) is 0 Å². The molecule has 1 atom stereocenters. The molecular formula is C15H16N4O3. The Morgan fingerprint density at radius 1 is 1.36 bits per heavy atom. The highest BCUT2D eigenvalue weighted by Gasteiger charge is 2.30. The standard InChI is InChI=1S/C15H16N4O3/c1-10-8-13(22-18-10)11-4-2-6-19(11)9-14-16-17-15(21-14)12-5-3-7-20-12/h3,5,7-8,11H,2,4,6,9H2,1H3/t11-/m0/s1. The van der Waals surface area contributed by atoms with Crippen molar-refractivity contribution < 1.29 is 13.4 Å². The third-order valence-corrected chi connectivity index (χ3v) is 3.88. The third-order valence-electron chi connectivity index (χ3n) is 3.88. The molecule has 114 valence electrons. The van der Waals surface area contributed by atoms with Crippen LogP contribution in [-0.2, 0) is 6.54 Å². The predicted molar refractivity (Wildman–Crippen MR) is 75.6 cm³/mol. The molecule has 0 bridgehead atoms. The zero-order chi connectivity index (χ0) is 14.9. The van der Waals surface area contributed by atoms with Crippen LogP contribution in [0.4, 0.5) is 0 Å². The number of furan rings is 1. The Kier molecular flexibility index (Phi) is 3.27. The second-order valence-electron chi connectivity index (χ2n) is 5.48. The number of rotatable bonds is 4. The van der Waals surface area contributed by atoms with E-state index in [0.717, 1.165) is 30.8 Å². The van der Waals surface area contributed by atoms with Crippen LogP contribution in [0, 0.1) is 6.92 Å². The molecule has 0 spiro atoms. The van der Waals surface area contributed by atoms with E-state index >= 15 is 0 Å². The minimum Gasteiger partial charge on any atom is -0.459 e. The van der Waals surface area contributed by atoms with Crippen molar-refractivity contribution >= 4 is 0 Å². The summed E-state index contributed by atoms with van der Waals surface area (Å²) in [4.78, 5) is 2.28. The van der Waals surface area contributed by atoms with Crippen LogP contribution >= 0.6 is 0 Å². The van der Waals surface area contributed by atoms with E-state index in [1.807, 2.05) is 13.0 Å². The maximum atomic E-state index is 5.68. The Bertz CT molecular complexity index is 747. The highest BCUT2D eigenvalue weighted by Crippen LogP contribution is 2.33. The van der Waals surface area contributed by atoms with Crippen LogP contribution in [-0.4, -0.2) is 26.8 Å². The lowest BCUT2D eigenvalue weighted by Crippen LogP contribution is -2.22. The van der Waals surface area contributed by atoms with E-state index in [-0.39, 0.29) is 6.04 Å². The van der Waals surface area contributed by atoms with Gasteiger partial charge in [-0.2, -0.15) is 0 Å². The molecule has 0 radical (unpaired) electrons. The summed E-state index contributed by atoms with van der Waals surface area (Å²) < 4.78 is 16.3. The van der Waals surface area contributed by atoms with Crippen LogP contribution in [0.3, 0.4) is 0 Å². The van der Waals surface area contributed by atoms with Crippen LogP contribution in [0.5, 0.6) is 0 Å². The first-order chi connectivity index (χ1) is 10.8. The molecule has 0 saturated carbocycles. The van der Waals surface area contributed by atoms with Crippen molar-refractivity contribution in [3.8, 4) is 11.7 Å². The van der Waals surface area contributed by atoms with Gasteiger partial charge in [-0.25, -0.2) is 0 Å². The highest BCUT2D eigenvalue weighted by atomic mass is 16.5. The fourth-order valence-corrected chi connectivity index (χ4v) is 2.87. The van der Waals surface area contributed by atoms with E-state index in [1.165, 1.54) is 0 Å². The zero-order valence-electron chi connectivity index (χ0n) is 12.2. The smallest absolute Gasteiger partial charge is 0.283 e. The predicted octanol–water partition coefficient (Wildman–Crippen LogP) is 2.96. The van der Waals surface area contributed by atoms with Crippen molar-refractivity contribution in [3.05, 3.63) is 41.8 Å². The van der Waals surface area contributed by atoms with E-state index in [2.05, 4.69) is 20.3 Å². The number of hydrogen-bond donors (Lipinski definition) is 0. The van der Waals surface area contributed by atoms with Gasteiger partial charge in [0.2, 0.25) is 5.89 Å². The molecule has 1 aliphatic rings. The second kappa shape index (κ2) is 5.42. The second-order valence-corrected chi connectivity index (χ2v) is 5.48. The van der Waals surface area contributed by atoms with E-state index in [1.54, 1.807) is 18.4 Å². The van der Waals surface area contributed by atoms with Crippen LogP contribution in [0.1, 0.15) is 36.2 Å². The van der Waals surface area contributed by atoms with Gasteiger partial charge >= 0.3 is 0 Å². The Morgan fingerprint density at radius 2 is 2.32 bits per heavy atom. The van der Waals surface area contributed by atoms with Crippen molar-refractivity contribution in [3.63, 3.8) is 0 Å². The molecule has 7 nitrogen and oxygen atoms in total. The van der Waals surface area contributed by atoms with Gasteiger partial charge in [-0.05, 0) is 38.4 Å². The molecular weight excluding hydrogens is 284 g/mol. The number of nitrogens with zero attached hydrogens (tertiary/aromatic N) is 4. The summed E-state index contributed by atoms with van der Waals surface area (Å²) in [7, 11) is 0. The lowest BCUT2D eigenvalue weighted by atomic mass is 10.1. The van der Waals surface area contributed by atoms with Gasteiger partial charge in [0.25, 0.3) is 5.89 Å². The first kappa shape index (κ1) is 13.3. The van der Waals surface area contributed by atoms with Gasteiger partial charge in [0.1, 0.15) is 0 Å². The van der Waals surface area contributed by atoms with Crippen LogP contribution in [0.2, 0.25) is 0 Å². The molecule has 3 aromatic rings. The summed E-state index contributed by atoms with van der Waals surface area (Å²) in [5.41, 5.74) is 0.903. The fourth-order valence-electron chi connectivity index (χ4n) is 2.87. The SMILES string of the molecule is Cc1cc([C@@H]2CCCN2Cc2nnc(-c3ccco3)o2)on1. The molecule has 0 amide bonds. The van der Waals surface area contributed by atoms with Gasteiger partial charge < -0.3 is 13.4 Å². The minimum absolute atomic E-state index is 0.222. The van der Waals surface area contributed by atoms with Gasteiger partial charge in [0.05, 0.1) is 24.5 Å². The summed E-state index contributed by atoms with van der Waals surface area (Å²) in [6.45, 7) is 3.50. The Balaban J connectivity index is 1.50. The van der Waals surface area contributed by atoms with E-state index in [4.69, 9.17) is 13.4 Å². The Hall–Kier alpha value is -2.41. The summed E-state index contributed by atoms with van der Waals surface area (Å²) in [6, 6.07) is 5.81. The number of hydrogen-bond acceptors (Lipinski definition) is 7. The number of aromatic nitrogens is 3. The van der Waals surface area contributed by atoms with Gasteiger partial charge in [-0.3, -0.25) is 4.90 Å². The minimum atomic E-state index is 0.222. The molecule has 3 aromatic heterocycles. The van der Waals surface area contributed by atoms with Crippen molar-refractivity contribution in [2.24, 2.45) is 0 Å². The molecule has 4 rings (SSSR count). The summed E-state index contributed by atoms with van der Waals surface area (Å²) in [5.74, 6) is 2.48. The van der Waals surface area contributed by atoms with Crippen LogP contribution < -0.4 is 0 Å². The lowest BCUT2D eigenvalue weighted by Gasteiger charge is -2.19. The summed E-state index contributed by atoms with van der Waals surface area (Å²) in [6.07, 6.45) is 3.75. The van der Waals surface area contributed by atoms with E-state index in [0.29, 0.717) is 24.1 Å². The number of aryl methyl sites for hydroxylation is 1. The van der Waals surface area contributed by atoms with E-state index < -0.39 is 0 Å². The molecule has 0 aliphatic carbocycles. The van der Waals surface area contributed by atoms with Gasteiger partial charge in [0.15, 0.2) is 11.5 Å². The molecule has 1 saturated heterocycles. The fraction of sp³-hybridized carbons (Fsp3) is 0.400. The molecule has 7 heteroatoms. The highest BCUT2D eigenvalue weighted by molar-refractivity contribution is 5.42.